The monoisotopic (exact) mass is 331 g/mol. The molecule has 0 spiro atoms. The minimum atomic E-state index is -1.79. The number of benzene rings is 1. The van der Waals surface area contributed by atoms with Crippen LogP contribution in [0.3, 0.4) is 0 Å². The van der Waals surface area contributed by atoms with E-state index in [1.165, 1.54) is 0 Å². The van der Waals surface area contributed by atoms with Crippen molar-refractivity contribution in [3.8, 4) is 0 Å². The fraction of sp³-hybridized carbons (Fsp3) is 0.417. The maximum absolute atomic E-state index is 6.18. The third-order valence-electron chi connectivity index (χ3n) is 2.17. The highest BCUT2D eigenvalue weighted by Gasteiger charge is 2.48. The van der Waals surface area contributed by atoms with Crippen LogP contribution >= 0.6 is 58.0 Å². The molecule has 0 bridgehead atoms. The van der Waals surface area contributed by atoms with Crippen molar-refractivity contribution < 1.29 is 0 Å². The minimum absolute atomic E-state index is 0.343. The Morgan fingerprint density at radius 3 is 2.00 bits per heavy atom. The van der Waals surface area contributed by atoms with Gasteiger partial charge in [-0.1, -0.05) is 96.1 Å². The van der Waals surface area contributed by atoms with E-state index in [0.717, 1.165) is 5.56 Å². The van der Waals surface area contributed by atoms with Gasteiger partial charge in [0.05, 0.1) is 0 Å². The van der Waals surface area contributed by atoms with Crippen molar-refractivity contribution in [2.24, 2.45) is 5.92 Å². The summed E-state index contributed by atoms with van der Waals surface area (Å²) in [6.45, 7) is 4.10. The molecule has 1 aromatic rings. The summed E-state index contributed by atoms with van der Waals surface area (Å²) in [6, 6.07) is 7.35. The molecule has 0 unspecified atom stereocenters. The van der Waals surface area contributed by atoms with Crippen molar-refractivity contribution in [3.63, 3.8) is 0 Å². The summed E-state index contributed by atoms with van der Waals surface area (Å²) in [5, 5.41) is 0. The van der Waals surface area contributed by atoms with Gasteiger partial charge in [-0.05, 0) is 23.5 Å². The van der Waals surface area contributed by atoms with Crippen LogP contribution in [0.1, 0.15) is 25.0 Å². The Bertz CT molecular complexity index is 379. The molecule has 5 heteroatoms. The number of rotatable bonds is 3. The summed E-state index contributed by atoms with van der Waals surface area (Å²) in [7, 11) is 0. The first-order chi connectivity index (χ1) is 7.66. The molecule has 1 rings (SSSR count). The number of hydrogen-bond acceptors (Lipinski definition) is 0. The van der Waals surface area contributed by atoms with E-state index in [2.05, 4.69) is 13.8 Å². The Kier molecular flexibility index (Phi) is 5.32. The van der Waals surface area contributed by atoms with Gasteiger partial charge in [0.15, 0.2) is 4.33 Å². The first kappa shape index (κ1) is 15.7. The molecule has 1 aromatic carbocycles. The zero-order chi connectivity index (χ0) is 13.3. The molecule has 0 aliphatic rings. The van der Waals surface area contributed by atoms with Gasteiger partial charge in [0, 0.05) is 0 Å². The van der Waals surface area contributed by atoms with Gasteiger partial charge in [0.25, 0.3) is 0 Å². The predicted octanol–water partition coefficient (Wildman–Crippen LogP) is 5.90. The molecule has 95 valence electrons. The van der Waals surface area contributed by atoms with Gasteiger partial charge in [-0.3, -0.25) is 0 Å². The van der Waals surface area contributed by atoms with Gasteiger partial charge < -0.3 is 0 Å². The molecule has 1 radical (unpaired) electrons. The van der Waals surface area contributed by atoms with Crippen LogP contribution in [0.4, 0.5) is 0 Å². The van der Waals surface area contributed by atoms with Crippen molar-refractivity contribution in [1.29, 1.82) is 0 Å². The standard InChI is InChI=1S/C12H12Cl5/c1-8(2)7-9-5-3-4-6-10(9)11(13,14)12(15,16)17/h3-8H,1-2H3. The van der Waals surface area contributed by atoms with E-state index in [1.54, 1.807) is 6.07 Å². The number of halogens is 5. The Morgan fingerprint density at radius 2 is 1.53 bits per heavy atom. The van der Waals surface area contributed by atoms with E-state index in [-0.39, 0.29) is 0 Å². The first-order valence-electron chi connectivity index (χ1n) is 5.05. The number of hydrogen-bond donors (Lipinski definition) is 0. The summed E-state index contributed by atoms with van der Waals surface area (Å²) in [4.78, 5) is 0. The van der Waals surface area contributed by atoms with E-state index in [0.29, 0.717) is 11.5 Å². The van der Waals surface area contributed by atoms with Crippen LogP contribution in [0.2, 0.25) is 0 Å². The van der Waals surface area contributed by atoms with Crippen LogP contribution in [-0.4, -0.2) is 3.79 Å². The molecule has 0 aromatic heterocycles. The van der Waals surface area contributed by atoms with Crippen molar-refractivity contribution >= 4 is 58.0 Å². The maximum atomic E-state index is 6.18. The minimum Gasteiger partial charge on any atom is -0.0915 e. The average molecular weight is 333 g/mol. The molecule has 0 aliphatic carbocycles. The fourth-order valence-corrected chi connectivity index (χ4v) is 2.09. The highest BCUT2D eigenvalue weighted by molar-refractivity contribution is 6.75. The highest BCUT2D eigenvalue weighted by Crippen LogP contribution is 2.53. The highest BCUT2D eigenvalue weighted by atomic mass is 35.6. The zero-order valence-corrected chi connectivity index (χ0v) is 13.1. The SMILES string of the molecule is CC(C)[CH]c1ccccc1C(Cl)(Cl)C(Cl)(Cl)Cl. The van der Waals surface area contributed by atoms with E-state index in [1.807, 2.05) is 24.6 Å². The van der Waals surface area contributed by atoms with Gasteiger partial charge in [-0.25, -0.2) is 0 Å². The van der Waals surface area contributed by atoms with Gasteiger partial charge in [0.1, 0.15) is 0 Å². The van der Waals surface area contributed by atoms with Crippen LogP contribution < -0.4 is 0 Å². The van der Waals surface area contributed by atoms with Gasteiger partial charge >= 0.3 is 0 Å². The predicted molar refractivity (Wildman–Crippen MR) is 78.4 cm³/mol. The van der Waals surface area contributed by atoms with Crippen LogP contribution in [0, 0.1) is 12.3 Å². The van der Waals surface area contributed by atoms with Crippen molar-refractivity contribution in [2.75, 3.05) is 0 Å². The maximum Gasteiger partial charge on any atom is 0.227 e. The Morgan fingerprint density at radius 1 is 1.00 bits per heavy atom. The molecule has 0 saturated carbocycles. The molecular formula is C12H12Cl5. The van der Waals surface area contributed by atoms with Crippen LogP contribution in [0.25, 0.3) is 0 Å². The smallest absolute Gasteiger partial charge is 0.0915 e. The molecular weight excluding hydrogens is 321 g/mol. The number of alkyl halides is 5. The fourth-order valence-electron chi connectivity index (χ4n) is 1.44. The normalized spacial score (nSPS) is 13.2. The van der Waals surface area contributed by atoms with Crippen molar-refractivity contribution in [2.45, 2.75) is 22.0 Å². The topological polar surface area (TPSA) is 0 Å². The molecule has 0 amide bonds. The molecule has 17 heavy (non-hydrogen) atoms. The molecule has 0 nitrogen and oxygen atoms in total. The van der Waals surface area contributed by atoms with Crippen molar-refractivity contribution in [1.82, 2.24) is 0 Å². The second-order valence-electron chi connectivity index (χ2n) is 4.07. The summed E-state index contributed by atoms with van der Waals surface area (Å²) >= 11 is 29.8. The third kappa shape index (κ3) is 3.81. The summed E-state index contributed by atoms with van der Waals surface area (Å²) in [6.07, 6.45) is 2.02. The molecule has 0 aliphatic heterocycles. The summed E-state index contributed by atoms with van der Waals surface area (Å²) < 4.78 is -3.38. The lowest BCUT2D eigenvalue weighted by Gasteiger charge is -2.30. The third-order valence-corrected chi connectivity index (χ3v) is 4.57. The molecule has 0 N–H and O–H groups in total. The molecule has 0 atom stereocenters. The molecule has 0 fully saturated rings. The Labute approximate surface area is 127 Å². The Hall–Kier alpha value is 0.670. The quantitative estimate of drug-likeness (QED) is 0.605. The van der Waals surface area contributed by atoms with E-state index in [9.17, 15) is 0 Å². The first-order valence-corrected chi connectivity index (χ1v) is 6.94. The summed E-state index contributed by atoms with van der Waals surface area (Å²) in [5.74, 6) is 0.343. The summed E-state index contributed by atoms with van der Waals surface area (Å²) in [5.41, 5.74) is 1.47. The van der Waals surface area contributed by atoms with Crippen LogP contribution in [-0.2, 0) is 4.33 Å². The van der Waals surface area contributed by atoms with E-state index in [4.69, 9.17) is 58.0 Å². The van der Waals surface area contributed by atoms with Gasteiger partial charge in [0.2, 0.25) is 3.79 Å². The largest absolute Gasteiger partial charge is 0.227 e. The average Bonchev–Trinajstić information content (AvgIpc) is 2.15. The Balaban J connectivity index is 3.22. The lowest BCUT2D eigenvalue weighted by atomic mass is 9.96. The van der Waals surface area contributed by atoms with Gasteiger partial charge in [-0.15, -0.1) is 0 Å². The van der Waals surface area contributed by atoms with Crippen LogP contribution in [0.5, 0.6) is 0 Å². The lowest BCUT2D eigenvalue weighted by molar-refractivity contribution is 0.764. The second kappa shape index (κ2) is 5.75. The second-order valence-corrected chi connectivity index (χ2v) is 7.68. The lowest BCUT2D eigenvalue weighted by Crippen LogP contribution is -2.29. The molecule has 0 heterocycles. The zero-order valence-electron chi connectivity index (χ0n) is 9.35. The van der Waals surface area contributed by atoms with E-state index >= 15 is 0 Å². The molecule has 0 saturated heterocycles. The van der Waals surface area contributed by atoms with Crippen molar-refractivity contribution in [3.05, 3.63) is 41.8 Å². The van der Waals surface area contributed by atoms with Crippen LogP contribution in [0.15, 0.2) is 24.3 Å². The van der Waals surface area contributed by atoms with Gasteiger partial charge in [-0.2, -0.15) is 0 Å². The van der Waals surface area contributed by atoms with E-state index < -0.39 is 8.13 Å².